The molecule has 0 radical (unpaired) electrons. The molecule has 31 heavy (non-hydrogen) atoms. The lowest BCUT2D eigenvalue weighted by Gasteiger charge is -2.32. The molecule has 0 spiro atoms. The van der Waals surface area contributed by atoms with Gasteiger partial charge in [0.25, 0.3) is 0 Å². The molecule has 7 heteroatoms. The number of fused-ring (bicyclic) bond motifs is 1. The van der Waals surface area contributed by atoms with Gasteiger partial charge >= 0.3 is 0 Å². The van der Waals surface area contributed by atoms with Crippen LogP contribution in [0.3, 0.4) is 0 Å². The Morgan fingerprint density at radius 3 is 2.52 bits per heavy atom. The summed E-state index contributed by atoms with van der Waals surface area (Å²) in [7, 11) is 3.19. The third-order valence-corrected chi connectivity index (χ3v) is 5.86. The number of hydrogen-bond acceptors (Lipinski definition) is 5. The number of carbonyl (C=O) groups excluding carboxylic acids is 1. The van der Waals surface area contributed by atoms with Crippen molar-refractivity contribution < 1.29 is 18.7 Å². The van der Waals surface area contributed by atoms with E-state index in [9.17, 15) is 9.18 Å². The number of benzene rings is 2. The van der Waals surface area contributed by atoms with Crippen molar-refractivity contribution >= 4 is 22.5 Å². The van der Waals surface area contributed by atoms with Gasteiger partial charge in [0, 0.05) is 30.5 Å². The molecule has 4 rings (SSSR count). The maximum Gasteiger partial charge on any atom is 0.226 e. The molecule has 1 aliphatic rings. The Bertz CT molecular complexity index is 1110. The van der Waals surface area contributed by atoms with Crippen molar-refractivity contribution in [1.82, 2.24) is 9.88 Å². The Morgan fingerprint density at radius 2 is 1.84 bits per heavy atom. The molecular formula is C24H26FN3O3. The SMILES string of the molecule is COc1cc2cc(N)c(C3CCN(C(=O)Cc4cccc(F)c4)CC3)nc2cc1OC. The number of nitrogens with zero attached hydrogens (tertiary/aromatic N) is 2. The first-order valence-corrected chi connectivity index (χ1v) is 10.3. The van der Waals surface area contributed by atoms with Gasteiger partial charge in [-0.05, 0) is 42.7 Å². The average Bonchev–Trinajstić information content (AvgIpc) is 2.78. The van der Waals surface area contributed by atoms with Gasteiger partial charge in [0.1, 0.15) is 5.82 Å². The second-order valence-electron chi connectivity index (χ2n) is 7.82. The summed E-state index contributed by atoms with van der Waals surface area (Å²) in [5.74, 6) is 1.12. The molecule has 1 aliphatic heterocycles. The van der Waals surface area contributed by atoms with Gasteiger partial charge in [0.05, 0.1) is 37.5 Å². The molecular weight excluding hydrogens is 397 g/mol. The molecule has 0 bridgehead atoms. The highest BCUT2D eigenvalue weighted by molar-refractivity contribution is 5.86. The summed E-state index contributed by atoms with van der Waals surface area (Å²) in [6.07, 6.45) is 1.77. The highest BCUT2D eigenvalue weighted by atomic mass is 19.1. The number of ether oxygens (including phenoxy) is 2. The zero-order valence-corrected chi connectivity index (χ0v) is 17.7. The van der Waals surface area contributed by atoms with Gasteiger partial charge in [-0.15, -0.1) is 0 Å². The van der Waals surface area contributed by atoms with Crippen LogP contribution in [0.4, 0.5) is 10.1 Å². The Balaban J connectivity index is 1.47. The first-order valence-electron chi connectivity index (χ1n) is 10.3. The maximum absolute atomic E-state index is 13.4. The summed E-state index contributed by atoms with van der Waals surface area (Å²) in [6.45, 7) is 1.26. The molecule has 2 heterocycles. The number of rotatable bonds is 5. The number of nitrogen functional groups attached to an aromatic ring is 1. The van der Waals surface area contributed by atoms with Crippen molar-refractivity contribution in [3.63, 3.8) is 0 Å². The van der Waals surface area contributed by atoms with Crippen LogP contribution in [0.25, 0.3) is 10.9 Å². The number of anilines is 1. The van der Waals surface area contributed by atoms with E-state index < -0.39 is 0 Å². The fraction of sp³-hybridized carbons (Fsp3) is 0.333. The first-order chi connectivity index (χ1) is 15.0. The van der Waals surface area contributed by atoms with E-state index in [0.29, 0.717) is 35.8 Å². The monoisotopic (exact) mass is 423 g/mol. The minimum Gasteiger partial charge on any atom is -0.493 e. The average molecular weight is 423 g/mol. The van der Waals surface area contributed by atoms with Gasteiger partial charge in [-0.3, -0.25) is 9.78 Å². The largest absolute Gasteiger partial charge is 0.493 e. The van der Waals surface area contributed by atoms with E-state index in [4.69, 9.17) is 20.2 Å². The van der Waals surface area contributed by atoms with Crippen LogP contribution < -0.4 is 15.2 Å². The van der Waals surface area contributed by atoms with Gasteiger partial charge in [-0.1, -0.05) is 12.1 Å². The Kier molecular flexibility index (Phi) is 5.93. The van der Waals surface area contributed by atoms with E-state index in [1.807, 2.05) is 23.1 Å². The predicted molar refractivity (Wildman–Crippen MR) is 118 cm³/mol. The van der Waals surface area contributed by atoms with Crippen LogP contribution in [0.1, 0.15) is 30.0 Å². The minimum atomic E-state index is -0.323. The number of halogens is 1. The van der Waals surface area contributed by atoms with Crippen LogP contribution in [0.15, 0.2) is 42.5 Å². The first kappa shape index (κ1) is 20.9. The number of likely N-dealkylation sites (tertiary alicyclic amines) is 1. The van der Waals surface area contributed by atoms with Crippen molar-refractivity contribution in [2.75, 3.05) is 33.0 Å². The van der Waals surface area contributed by atoms with Gasteiger partial charge < -0.3 is 20.1 Å². The highest BCUT2D eigenvalue weighted by Crippen LogP contribution is 2.36. The van der Waals surface area contributed by atoms with Crippen molar-refractivity contribution in [2.24, 2.45) is 0 Å². The minimum absolute atomic E-state index is 0.0142. The van der Waals surface area contributed by atoms with Crippen molar-refractivity contribution in [2.45, 2.75) is 25.2 Å². The lowest BCUT2D eigenvalue weighted by Crippen LogP contribution is -2.39. The molecule has 1 aromatic heterocycles. The lowest BCUT2D eigenvalue weighted by atomic mass is 9.91. The molecule has 1 amide bonds. The molecule has 1 saturated heterocycles. The summed E-state index contributed by atoms with van der Waals surface area (Å²) in [6, 6.07) is 11.8. The number of piperidine rings is 1. The summed E-state index contributed by atoms with van der Waals surface area (Å²) in [5.41, 5.74) is 9.33. The number of pyridine rings is 1. The zero-order chi connectivity index (χ0) is 22.0. The van der Waals surface area contributed by atoms with Crippen LogP contribution in [0.5, 0.6) is 11.5 Å². The van der Waals surface area contributed by atoms with E-state index in [2.05, 4.69) is 0 Å². The fourth-order valence-electron chi connectivity index (χ4n) is 4.19. The Hall–Kier alpha value is -3.35. The maximum atomic E-state index is 13.4. The topological polar surface area (TPSA) is 77.7 Å². The van der Waals surface area contributed by atoms with Crippen LogP contribution in [0, 0.1) is 5.82 Å². The van der Waals surface area contributed by atoms with Gasteiger partial charge in [-0.2, -0.15) is 0 Å². The fourth-order valence-corrected chi connectivity index (χ4v) is 4.19. The van der Waals surface area contributed by atoms with Crippen molar-refractivity contribution in [3.05, 3.63) is 59.5 Å². The van der Waals surface area contributed by atoms with Gasteiger partial charge in [-0.25, -0.2) is 4.39 Å². The highest BCUT2D eigenvalue weighted by Gasteiger charge is 2.26. The van der Waals surface area contributed by atoms with E-state index in [-0.39, 0.29) is 24.1 Å². The number of aromatic nitrogens is 1. The number of hydrogen-bond donors (Lipinski definition) is 1. The van der Waals surface area contributed by atoms with Gasteiger partial charge in [0.2, 0.25) is 5.91 Å². The predicted octanol–water partition coefficient (Wildman–Crippen LogP) is 3.92. The normalized spacial score (nSPS) is 14.6. The summed E-state index contributed by atoms with van der Waals surface area (Å²) >= 11 is 0. The number of carbonyl (C=O) groups is 1. The molecule has 1 fully saturated rings. The summed E-state index contributed by atoms with van der Waals surface area (Å²) in [5, 5.41) is 0.890. The molecule has 0 saturated carbocycles. The van der Waals surface area contributed by atoms with Crippen LogP contribution >= 0.6 is 0 Å². The second-order valence-corrected chi connectivity index (χ2v) is 7.82. The molecule has 6 nitrogen and oxygen atoms in total. The van der Waals surface area contributed by atoms with E-state index in [1.54, 1.807) is 26.4 Å². The quantitative estimate of drug-likeness (QED) is 0.673. The summed E-state index contributed by atoms with van der Waals surface area (Å²) < 4.78 is 24.1. The lowest BCUT2D eigenvalue weighted by molar-refractivity contribution is -0.131. The zero-order valence-electron chi connectivity index (χ0n) is 17.7. The van der Waals surface area contributed by atoms with Crippen molar-refractivity contribution in [1.29, 1.82) is 0 Å². The second kappa shape index (κ2) is 8.79. The Labute approximate surface area is 180 Å². The molecule has 0 aliphatic carbocycles. The van der Waals surface area contributed by atoms with E-state index in [0.717, 1.165) is 29.4 Å². The summed E-state index contributed by atoms with van der Waals surface area (Å²) in [4.78, 5) is 19.3. The van der Waals surface area contributed by atoms with Crippen LogP contribution in [0.2, 0.25) is 0 Å². The van der Waals surface area contributed by atoms with Crippen LogP contribution in [-0.4, -0.2) is 43.1 Å². The molecule has 3 aromatic rings. The number of amides is 1. The van der Waals surface area contributed by atoms with Crippen LogP contribution in [-0.2, 0) is 11.2 Å². The molecule has 0 atom stereocenters. The molecule has 162 valence electrons. The molecule has 0 unspecified atom stereocenters. The third kappa shape index (κ3) is 4.40. The Morgan fingerprint density at radius 1 is 1.13 bits per heavy atom. The number of methoxy groups -OCH3 is 2. The van der Waals surface area contributed by atoms with E-state index in [1.165, 1.54) is 12.1 Å². The standard InChI is InChI=1S/C24H26FN3O3/c1-30-21-13-17-12-19(26)24(27-20(17)14-22(21)31-2)16-6-8-28(9-7-16)23(29)11-15-4-3-5-18(25)10-15/h3-5,10,12-14,16H,6-9,11,26H2,1-2H3. The van der Waals surface area contributed by atoms with E-state index >= 15 is 0 Å². The molecule has 2 aromatic carbocycles. The van der Waals surface area contributed by atoms with Gasteiger partial charge in [0.15, 0.2) is 11.5 Å². The molecule has 2 N–H and O–H groups in total. The number of nitrogens with two attached hydrogens (primary N) is 1. The smallest absolute Gasteiger partial charge is 0.226 e. The van der Waals surface area contributed by atoms with Crippen molar-refractivity contribution in [3.8, 4) is 11.5 Å². The third-order valence-electron chi connectivity index (χ3n) is 5.86.